The van der Waals surface area contributed by atoms with Crippen LogP contribution in [0.4, 0.5) is 0 Å². The fourth-order valence-electron chi connectivity index (χ4n) is 3.68. The van der Waals surface area contributed by atoms with E-state index in [0.717, 1.165) is 19.3 Å². The van der Waals surface area contributed by atoms with E-state index in [9.17, 15) is 4.79 Å². The Hall–Kier alpha value is -0.570. The van der Waals surface area contributed by atoms with E-state index in [1.54, 1.807) is 0 Å². The van der Waals surface area contributed by atoms with Gasteiger partial charge in [0.25, 0.3) is 0 Å². The molecule has 0 aromatic rings. The maximum absolute atomic E-state index is 12.0. The minimum Gasteiger partial charge on any atom is -0.353 e. The van der Waals surface area contributed by atoms with Gasteiger partial charge in [-0.2, -0.15) is 0 Å². The molecule has 3 N–H and O–H groups in total. The Kier molecular flexibility index (Phi) is 4.71. The van der Waals surface area contributed by atoms with Gasteiger partial charge < -0.3 is 11.1 Å². The molecule has 3 nitrogen and oxygen atoms in total. The topological polar surface area (TPSA) is 55.1 Å². The number of carbonyl (C=O) groups excluding carboxylic acids is 1. The van der Waals surface area contributed by atoms with Gasteiger partial charge in [0.05, 0.1) is 0 Å². The van der Waals surface area contributed by atoms with Crippen LogP contribution in [0.25, 0.3) is 0 Å². The molecular formula is C16H32N2O. The molecule has 0 atom stereocenters. The van der Waals surface area contributed by atoms with Crippen molar-refractivity contribution in [3.8, 4) is 0 Å². The number of rotatable bonds is 4. The van der Waals surface area contributed by atoms with Gasteiger partial charge in [-0.25, -0.2) is 0 Å². The van der Waals surface area contributed by atoms with Gasteiger partial charge in [0, 0.05) is 18.0 Å². The summed E-state index contributed by atoms with van der Waals surface area (Å²) < 4.78 is 0. The Bertz CT molecular complexity index is 310. The van der Waals surface area contributed by atoms with Crippen LogP contribution in [0.2, 0.25) is 0 Å². The quantitative estimate of drug-likeness (QED) is 0.822. The summed E-state index contributed by atoms with van der Waals surface area (Å²) in [5.74, 6) is 0.150. The predicted molar refractivity (Wildman–Crippen MR) is 80.8 cm³/mol. The largest absolute Gasteiger partial charge is 0.353 e. The van der Waals surface area contributed by atoms with Crippen LogP contribution < -0.4 is 11.1 Å². The number of hydrogen-bond donors (Lipinski definition) is 2. The molecule has 0 aromatic carbocycles. The highest BCUT2D eigenvalue weighted by molar-refractivity contribution is 5.76. The van der Waals surface area contributed by atoms with Crippen LogP contribution in [0.3, 0.4) is 0 Å². The highest BCUT2D eigenvalue weighted by Gasteiger charge is 2.38. The van der Waals surface area contributed by atoms with E-state index in [4.69, 9.17) is 5.73 Å². The minimum atomic E-state index is -0.261. The standard InChI is InChI=1S/C16H32N2O/c1-14(2)9-12(10-15(3,4)11-14)18-13(19)7-8-16(5,6)17/h12H,7-11,17H2,1-6H3,(H,18,19). The van der Waals surface area contributed by atoms with Crippen LogP contribution in [0.5, 0.6) is 0 Å². The van der Waals surface area contributed by atoms with Crippen molar-refractivity contribution < 1.29 is 4.79 Å². The zero-order valence-corrected chi connectivity index (χ0v) is 13.6. The Morgan fingerprint density at radius 1 is 1.21 bits per heavy atom. The van der Waals surface area contributed by atoms with Crippen molar-refractivity contribution in [2.75, 3.05) is 0 Å². The number of nitrogens with two attached hydrogens (primary N) is 1. The maximum Gasteiger partial charge on any atom is 0.220 e. The normalized spacial score (nSPS) is 23.1. The lowest BCUT2D eigenvalue weighted by Crippen LogP contribution is -2.46. The van der Waals surface area contributed by atoms with Crippen molar-refractivity contribution in [1.82, 2.24) is 5.32 Å². The molecule has 0 unspecified atom stereocenters. The first-order valence-electron chi connectivity index (χ1n) is 7.47. The summed E-state index contributed by atoms with van der Waals surface area (Å²) in [6.45, 7) is 13.1. The molecule has 1 aliphatic rings. The van der Waals surface area contributed by atoms with Crippen molar-refractivity contribution >= 4 is 5.91 Å². The maximum atomic E-state index is 12.0. The van der Waals surface area contributed by atoms with Gasteiger partial charge in [0.2, 0.25) is 5.91 Å². The molecule has 1 aliphatic carbocycles. The molecule has 0 bridgehead atoms. The van der Waals surface area contributed by atoms with E-state index in [1.165, 1.54) is 6.42 Å². The summed E-state index contributed by atoms with van der Waals surface area (Å²) in [7, 11) is 0. The van der Waals surface area contributed by atoms with Crippen LogP contribution in [0.15, 0.2) is 0 Å². The molecule has 1 rings (SSSR count). The third kappa shape index (κ3) is 6.42. The molecule has 0 saturated heterocycles. The van der Waals surface area contributed by atoms with Gasteiger partial charge in [-0.15, -0.1) is 0 Å². The molecule has 0 aliphatic heterocycles. The van der Waals surface area contributed by atoms with E-state index in [2.05, 4.69) is 33.0 Å². The van der Waals surface area contributed by atoms with Crippen LogP contribution in [-0.2, 0) is 4.79 Å². The van der Waals surface area contributed by atoms with E-state index in [-0.39, 0.29) is 11.4 Å². The summed E-state index contributed by atoms with van der Waals surface area (Å²) in [4.78, 5) is 12.0. The highest BCUT2D eigenvalue weighted by atomic mass is 16.1. The SMILES string of the molecule is CC(C)(N)CCC(=O)NC1CC(C)(C)CC(C)(C)C1. The molecule has 0 aromatic heterocycles. The number of nitrogens with one attached hydrogen (secondary N) is 1. The molecule has 1 saturated carbocycles. The Balaban J connectivity index is 2.50. The summed E-state index contributed by atoms with van der Waals surface area (Å²) >= 11 is 0. The minimum absolute atomic E-state index is 0.150. The van der Waals surface area contributed by atoms with Crippen molar-refractivity contribution in [2.24, 2.45) is 16.6 Å². The molecule has 0 radical (unpaired) electrons. The number of carbonyl (C=O) groups is 1. The second-order valence-corrected chi connectivity index (χ2v) is 8.67. The first-order chi connectivity index (χ1) is 8.39. The first kappa shape index (κ1) is 16.5. The smallest absolute Gasteiger partial charge is 0.220 e. The highest BCUT2D eigenvalue weighted by Crippen LogP contribution is 2.45. The van der Waals surface area contributed by atoms with Crippen molar-refractivity contribution in [3.63, 3.8) is 0 Å². The monoisotopic (exact) mass is 268 g/mol. The van der Waals surface area contributed by atoms with E-state index in [0.29, 0.717) is 23.3 Å². The van der Waals surface area contributed by atoms with Crippen LogP contribution >= 0.6 is 0 Å². The van der Waals surface area contributed by atoms with E-state index >= 15 is 0 Å². The number of hydrogen-bond acceptors (Lipinski definition) is 2. The van der Waals surface area contributed by atoms with Gasteiger partial charge in [-0.1, -0.05) is 27.7 Å². The molecule has 112 valence electrons. The predicted octanol–water partition coefficient (Wildman–Crippen LogP) is 3.23. The fourth-order valence-corrected chi connectivity index (χ4v) is 3.68. The van der Waals surface area contributed by atoms with Gasteiger partial charge in [0.15, 0.2) is 0 Å². The molecule has 1 amide bonds. The van der Waals surface area contributed by atoms with Crippen molar-refractivity contribution in [2.45, 2.75) is 85.2 Å². The lowest BCUT2D eigenvalue weighted by Gasteiger charge is -2.45. The summed E-state index contributed by atoms with van der Waals surface area (Å²) in [5, 5.41) is 3.21. The second kappa shape index (κ2) is 5.43. The summed E-state index contributed by atoms with van der Waals surface area (Å²) in [5.41, 5.74) is 6.29. The van der Waals surface area contributed by atoms with Gasteiger partial charge in [-0.05, 0) is 50.4 Å². The van der Waals surface area contributed by atoms with Crippen molar-refractivity contribution in [3.05, 3.63) is 0 Å². The molecule has 3 heteroatoms. The van der Waals surface area contributed by atoms with Crippen LogP contribution in [-0.4, -0.2) is 17.5 Å². The Morgan fingerprint density at radius 2 is 1.68 bits per heavy atom. The summed E-state index contributed by atoms with van der Waals surface area (Å²) in [6.07, 6.45) is 4.64. The molecule has 0 spiro atoms. The summed E-state index contributed by atoms with van der Waals surface area (Å²) in [6, 6.07) is 0.312. The average molecular weight is 268 g/mol. The van der Waals surface area contributed by atoms with Crippen LogP contribution in [0, 0.1) is 10.8 Å². The van der Waals surface area contributed by atoms with Gasteiger partial charge >= 0.3 is 0 Å². The first-order valence-corrected chi connectivity index (χ1v) is 7.47. The Morgan fingerprint density at radius 3 is 2.11 bits per heavy atom. The third-order valence-corrected chi connectivity index (χ3v) is 3.92. The zero-order valence-electron chi connectivity index (χ0n) is 13.6. The lowest BCUT2D eigenvalue weighted by atomic mass is 9.63. The van der Waals surface area contributed by atoms with E-state index in [1.807, 2.05) is 13.8 Å². The lowest BCUT2D eigenvalue weighted by molar-refractivity contribution is -0.123. The molecule has 1 fully saturated rings. The number of amides is 1. The average Bonchev–Trinajstić information content (AvgIpc) is 2.07. The molecule has 19 heavy (non-hydrogen) atoms. The van der Waals surface area contributed by atoms with Crippen molar-refractivity contribution in [1.29, 1.82) is 0 Å². The van der Waals surface area contributed by atoms with E-state index < -0.39 is 0 Å². The Labute approximate surface area is 118 Å². The third-order valence-electron chi connectivity index (χ3n) is 3.92. The fraction of sp³-hybridized carbons (Fsp3) is 0.938. The second-order valence-electron chi connectivity index (χ2n) is 8.67. The van der Waals surface area contributed by atoms with Crippen LogP contribution in [0.1, 0.15) is 73.6 Å². The zero-order chi connectivity index (χ0) is 14.9. The van der Waals surface area contributed by atoms with Gasteiger partial charge in [-0.3, -0.25) is 4.79 Å². The van der Waals surface area contributed by atoms with Gasteiger partial charge in [0.1, 0.15) is 0 Å². The molecular weight excluding hydrogens is 236 g/mol. The molecule has 0 heterocycles.